The molecule has 5 nitrogen and oxygen atoms in total. The molecular formula is C16H14FN3O2S. The van der Waals surface area contributed by atoms with Gasteiger partial charge in [0.2, 0.25) is 5.88 Å². The molecule has 0 unspecified atom stereocenters. The summed E-state index contributed by atoms with van der Waals surface area (Å²) in [6, 6.07) is 5.54. The summed E-state index contributed by atoms with van der Waals surface area (Å²) in [4.78, 5) is 22.2. The number of aromatic nitrogens is 2. The molecule has 0 saturated heterocycles. The molecule has 1 aromatic carbocycles. The van der Waals surface area contributed by atoms with Crippen LogP contribution in [0.4, 0.5) is 10.1 Å². The summed E-state index contributed by atoms with van der Waals surface area (Å²) in [7, 11) is 0. The second-order valence-corrected chi connectivity index (χ2v) is 6.19. The number of rotatable bonds is 4. The molecular weight excluding hydrogens is 317 g/mol. The fourth-order valence-corrected chi connectivity index (χ4v) is 3.11. The van der Waals surface area contributed by atoms with Crippen molar-refractivity contribution in [1.29, 1.82) is 0 Å². The molecule has 0 saturated carbocycles. The van der Waals surface area contributed by atoms with E-state index in [0.29, 0.717) is 11.6 Å². The highest BCUT2D eigenvalue weighted by Crippen LogP contribution is 2.33. The van der Waals surface area contributed by atoms with Crippen molar-refractivity contribution < 1.29 is 13.9 Å². The van der Waals surface area contributed by atoms with Crippen molar-refractivity contribution in [3.8, 4) is 5.88 Å². The Kier molecular flexibility index (Phi) is 4.20. The third-order valence-corrected chi connectivity index (χ3v) is 4.51. The van der Waals surface area contributed by atoms with E-state index in [0.717, 1.165) is 20.7 Å². The van der Waals surface area contributed by atoms with E-state index >= 15 is 0 Å². The number of benzene rings is 1. The van der Waals surface area contributed by atoms with Gasteiger partial charge in [0.25, 0.3) is 5.91 Å². The molecule has 7 heteroatoms. The molecule has 1 amide bonds. The first-order chi connectivity index (χ1) is 11.0. The van der Waals surface area contributed by atoms with Gasteiger partial charge in [0.1, 0.15) is 17.0 Å². The molecule has 0 aliphatic carbocycles. The first-order valence-corrected chi connectivity index (χ1v) is 7.75. The van der Waals surface area contributed by atoms with Crippen molar-refractivity contribution in [2.45, 2.75) is 13.8 Å². The zero-order valence-electron chi connectivity index (χ0n) is 12.6. The highest BCUT2D eigenvalue weighted by atomic mass is 32.1. The number of thiophene rings is 1. The lowest BCUT2D eigenvalue weighted by Gasteiger charge is -2.08. The number of aryl methyl sites for hydroxylation is 2. The van der Waals surface area contributed by atoms with Crippen LogP contribution in [-0.2, 0) is 4.79 Å². The molecule has 118 valence electrons. The number of carbonyl (C=O) groups is 1. The lowest BCUT2D eigenvalue weighted by Crippen LogP contribution is -2.20. The van der Waals surface area contributed by atoms with Crippen LogP contribution in [-0.4, -0.2) is 22.5 Å². The van der Waals surface area contributed by atoms with Gasteiger partial charge < -0.3 is 10.1 Å². The van der Waals surface area contributed by atoms with Gasteiger partial charge in [0, 0.05) is 10.6 Å². The van der Waals surface area contributed by atoms with Crippen molar-refractivity contribution in [1.82, 2.24) is 9.97 Å². The summed E-state index contributed by atoms with van der Waals surface area (Å²) in [6.07, 6.45) is 1.42. The monoisotopic (exact) mass is 331 g/mol. The fraction of sp³-hybridized carbons (Fsp3) is 0.188. The van der Waals surface area contributed by atoms with Crippen LogP contribution in [0.5, 0.6) is 5.88 Å². The molecule has 0 fully saturated rings. The van der Waals surface area contributed by atoms with E-state index in [1.807, 2.05) is 13.8 Å². The Bertz CT molecular complexity index is 862. The highest BCUT2D eigenvalue weighted by molar-refractivity contribution is 7.18. The van der Waals surface area contributed by atoms with Gasteiger partial charge in [-0.05, 0) is 43.7 Å². The number of nitrogens with one attached hydrogen (secondary N) is 1. The predicted octanol–water partition coefficient (Wildman–Crippen LogP) is 3.46. The minimum Gasteiger partial charge on any atom is -0.467 e. The highest BCUT2D eigenvalue weighted by Gasteiger charge is 2.14. The number of ether oxygens (including phenoxy) is 1. The number of anilines is 1. The normalized spacial score (nSPS) is 10.7. The Hall–Kier alpha value is -2.54. The van der Waals surface area contributed by atoms with E-state index in [9.17, 15) is 9.18 Å². The molecule has 2 heterocycles. The van der Waals surface area contributed by atoms with Crippen molar-refractivity contribution in [3.05, 3.63) is 46.9 Å². The van der Waals surface area contributed by atoms with Gasteiger partial charge in [0.15, 0.2) is 6.61 Å². The Morgan fingerprint density at radius 3 is 2.74 bits per heavy atom. The molecule has 0 radical (unpaired) electrons. The quantitative estimate of drug-likeness (QED) is 0.795. The zero-order valence-corrected chi connectivity index (χ0v) is 13.4. The largest absolute Gasteiger partial charge is 0.467 e. The number of hydrogen-bond donors (Lipinski definition) is 1. The van der Waals surface area contributed by atoms with E-state index in [1.54, 1.807) is 11.3 Å². The van der Waals surface area contributed by atoms with Crippen LogP contribution in [0.3, 0.4) is 0 Å². The van der Waals surface area contributed by atoms with Gasteiger partial charge in [0.05, 0.1) is 5.39 Å². The van der Waals surface area contributed by atoms with Crippen LogP contribution >= 0.6 is 11.3 Å². The van der Waals surface area contributed by atoms with Gasteiger partial charge in [-0.25, -0.2) is 14.4 Å². The van der Waals surface area contributed by atoms with Crippen LogP contribution in [0.1, 0.15) is 10.4 Å². The van der Waals surface area contributed by atoms with Crippen molar-refractivity contribution in [2.24, 2.45) is 0 Å². The van der Waals surface area contributed by atoms with Crippen LogP contribution in [0.2, 0.25) is 0 Å². The maximum Gasteiger partial charge on any atom is 0.262 e. The van der Waals surface area contributed by atoms with Gasteiger partial charge >= 0.3 is 0 Å². The summed E-state index contributed by atoms with van der Waals surface area (Å²) in [6.45, 7) is 3.80. The van der Waals surface area contributed by atoms with Crippen LogP contribution in [0.25, 0.3) is 10.2 Å². The van der Waals surface area contributed by atoms with Crippen LogP contribution in [0, 0.1) is 19.7 Å². The third kappa shape index (κ3) is 3.29. The lowest BCUT2D eigenvalue weighted by molar-refractivity contribution is -0.118. The molecule has 0 spiro atoms. The number of halogens is 1. The number of carbonyl (C=O) groups excluding carboxylic acids is 1. The summed E-state index contributed by atoms with van der Waals surface area (Å²) in [5.74, 6) is -0.301. The number of amides is 1. The Labute approximate surface area is 136 Å². The SMILES string of the molecule is Cc1sc2ncnc(OCC(=O)Nc3ccc(F)cc3)c2c1C. The number of fused-ring (bicyclic) bond motifs is 1. The average molecular weight is 331 g/mol. The van der Waals surface area contributed by atoms with Gasteiger partial charge in [-0.1, -0.05) is 0 Å². The molecule has 2 aromatic heterocycles. The maximum atomic E-state index is 12.8. The predicted molar refractivity (Wildman–Crippen MR) is 87.4 cm³/mol. The topological polar surface area (TPSA) is 64.1 Å². The minimum atomic E-state index is -0.356. The summed E-state index contributed by atoms with van der Waals surface area (Å²) in [5, 5.41) is 3.47. The van der Waals surface area contributed by atoms with Gasteiger partial charge in [-0.15, -0.1) is 11.3 Å². The Balaban J connectivity index is 1.71. The van der Waals surface area contributed by atoms with Crippen molar-refractivity contribution >= 4 is 33.1 Å². The molecule has 1 N–H and O–H groups in total. The first kappa shape index (κ1) is 15.4. The smallest absolute Gasteiger partial charge is 0.262 e. The molecule has 23 heavy (non-hydrogen) atoms. The summed E-state index contributed by atoms with van der Waals surface area (Å²) in [5.41, 5.74) is 1.56. The first-order valence-electron chi connectivity index (χ1n) is 6.93. The van der Waals surface area contributed by atoms with E-state index in [4.69, 9.17) is 4.74 Å². The molecule has 3 aromatic rings. The molecule has 0 aliphatic heterocycles. The zero-order chi connectivity index (χ0) is 16.4. The van der Waals surface area contributed by atoms with Gasteiger partial charge in [-0.3, -0.25) is 4.79 Å². The number of nitrogens with zero attached hydrogens (tertiary/aromatic N) is 2. The van der Waals surface area contributed by atoms with E-state index < -0.39 is 0 Å². The lowest BCUT2D eigenvalue weighted by atomic mass is 10.2. The number of hydrogen-bond acceptors (Lipinski definition) is 5. The Morgan fingerprint density at radius 1 is 1.26 bits per heavy atom. The van der Waals surface area contributed by atoms with Crippen molar-refractivity contribution in [2.75, 3.05) is 11.9 Å². The van der Waals surface area contributed by atoms with E-state index in [-0.39, 0.29) is 18.3 Å². The second-order valence-electron chi connectivity index (χ2n) is 4.99. The van der Waals surface area contributed by atoms with Gasteiger partial charge in [-0.2, -0.15) is 0 Å². The standard InChI is InChI=1S/C16H14FN3O2S/c1-9-10(2)23-16-14(9)15(18-8-19-16)22-7-13(21)20-12-5-3-11(17)4-6-12/h3-6,8H,7H2,1-2H3,(H,20,21). The third-order valence-electron chi connectivity index (χ3n) is 3.40. The molecule has 0 atom stereocenters. The Morgan fingerprint density at radius 2 is 2.00 bits per heavy atom. The van der Waals surface area contributed by atoms with E-state index in [1.165, 1.54) is 30.6 Å². The van der Waals surface area contributed by atoms with Crippen molar-refractivity contribution in [3.63, 3.8) is 0 Å². The minimum absolute atomic E-state index is 0.183. The second kappa shape index (κ2) is 6.29. The average Bonchev–Trinajstić information content (AvgIpc) is 2.83. The fourth-order valence-electron chi connectivity index (χ4n) is 2.12. The summed E-state index contributed by atoms with van der Waals surface area (Å²) < 4.78 is 18.4. The summed E-state index contributed by atoms with van der Waals surface area (Å²) >= 11 is 1.56. The van der Waals surface area contributed by atoms with Crippen LogP contribution in [0.15, 0.2) is 30.6 Å². The van der Waals surface area contributed by atoms with E-state index in [2.05, 4.69) is 15.3 Å². The molecule has 3 rings (SSSR count). The maximum absolute atomic E-state index is 12.8. The molecule has 0 bridgehead atoms. The molecule has 0 aliphatic rings. The van der Waals surface area contributed by atoms with Crippen LogP contribution < -0.4 is 10.1 Å².